The fourth-order valence-electron chi connectivity index (χ4n) is 8.91. The van der Waals surface area contributed by atoms with Crippen molar-refractivity contribution in [2.45, 2.75) is 6.42 Å². The molecule has 276 valence electrons. The zero-order valence-electron chi connectivity index (χ0n) is 32.4. The lowest BCUT2D eigenvalue weighted by Crippen LogP contribution is -1.99. The Kier molecular flexibility index (Phi) is 8.60. The Morgan fingerprint density at radius 2 is 0.780 bits per heavy atom. The third-order valence-electron chi connectivity index (χ3n) is 11.7. The van der Waals surface area contributed by atoms with Gasteiger partial charge in [0, 0.05) is 16.7 Å². The van der Waals surface area contributed by atoms with Crippen LogP contribution < -0.4 is 0 Å². The van der Waals surface area contributed by atoms with Gasteiger partial charge >= 0.3 is 0 Å². The Hall–Kier alpha value is -7.68. The third kappa shape index (κ3) is 6.23. The molecule has 0 spiro atoms. The zero-order chi connectivity index (χ0) is 39.1. The quantitative estimate of drug-likeness (QED) is 0.158. The molecule has 1 heterocycles. The maximum Gasteiger partial charge on any atom is 0.160 e. The van der Waals surface area contributed by atoms with Crippen molar-refractivity contribution in [2.75, 3.05) is 0 Å². The first-order valence-electron chi connectivity index (χ1n) is 20.3. The Balaban J connectivity index is 1.06. The molecule has 0 fully saturated rings. The highest BCUT2D eigenvalue weighted by molar-refractivity contribution is 6.21. The molecule has 0 radical (unpaired) electrons. The molecule has 0 N–H and O–H groups in total. The molecule has 0 unspecified atom stereocenters. The van der Waals surface area contributed by atoms with Gasteiger partial charge in [-0.15, -0.1) is 0 Å². The number of aromatic nitrogens is 2. The summed E-state index contributed by atoms with van der Waals surface area (Å²) in [6.07, 6.45) is 9.89. The first kappa shape index (κ1) is 34.6. The van der Waals surface area contributed by atoms with E-state index >= 15 is 0 Å². The molecule has 59 heavy (non-hydrogen) atoms. The summed E-state index contributed by atoms with van der Waals surface area (Å²) in [5.74, 6) is 0.704. The summed E-state index contributed by atoms with van der Waals surface area (Å²) in [6, 6.07) is 69.7. The number of benzene rings is 9. The summed E-state index contributed by atoms with van der Waals surface area (Å²) < 4.78 is 0. The van der Waals surface area contributed by atoms with Crippen molar-refractivity contribution >= 4 is 44.5 Å². The van der Waals surface area contributed by atoms with Crippen molar-refractivity contribution in [3.05, 3.63) is 217 Å². The van der Waals surface area contributed by atoms with E-state index in [0.717, 1.165) is 39.9 Å². The molecule has 0 saturated carbocycles. The van der Waals surface area contributed by atoms with E-state index in [1.807, 2.05) is 6.07 Å². The van der Waals surface area contributed by atoms with Crippen LogP contribution in [0, 0.1) is 0 Å². The van der Waals surface area contributed by atoms with Crippen molar-refractivity contribution in [3.63, 3.8) is 0 Å². The summed E-state index contributed by atoms with van der Waals surface area (Å²) in [5.41, 5.74) is 14.7. The Morgan fingerprint density at radius 3 is 1.39 bits per heavy atom. The molecule has 0 saturated heterocycles. The molecule has 10 aromatic rings. The summed E-state index contributed by atoms with van der Waals surface area (Å²) in [7, 11) is 0. The molecule has 2 nitrogen and oxygen atoms in total. The number of allylic oxidation sites excluding steroid dienone is 2. The van der Waals surface area contributed by atoms with Crippen LogP contribution in [0.3, 0.4) is 0 Å². The van der Waals surface area contributed by atoms with Crippen LogP contribution in [0.5, 0.6) is 0 Å². The minimum Gasteiger partial charge on any atom is -0.228 e. The number of hydrogen-bond acceptors (Lipinski definition) is 2. The summed E-state index contributed by atoms with van der Waals surface area (Å²) >= 11 is 0. The normalized spacial score (nSPS) is 12.2. The van der Waals surface area contributed by atoms with Crippen molar-refractivity contribution < 1.29 is 0 Å². The summed E-state index contributed by atoms with van der Waals surface area (Å²) in [6.45, 7) is 0. The van der Waals surface area contributed by atoms with Gasteiger partial charge in [0.15, 0.2) is 5.82 Å². The molecule has 2 heteroatoms. The van der Waals surface area contributed by atoms with Crippen LogP contribution in [0.25, 0.3) is 112 Å². The standard InChI is InChI=1S/C57H38N2/c1-5-17-38(18-6-1)45-33-34-48(47-24-12-4-11-23-46(45)47)54-37-53(39-19-7-2-8-20-39)58-57(59-54)44-32-30-41-35-43(31-29-42(41)36-44)56-51-27-15-13-25-49(51)55(40-21-9-3-10-22-40)50-26-14-16-28-52(50)56/h1-3,5-37H,4H2. The summed E-state index contributed by atoms with van der Waals surface area (Å²) in [5, 5.41) is 7.33. The third-order valence-corrected chi connectivity index (χ3v) is 11.7. The fourth-order valence-corrected chi connectivity index (χ4v) is 8.91. The van der Waals surface area contributed by atoms with E-state index in [2.05, 4.69) is 212 Å². The second-order valence-corrected chi connectivity index (χ2v) is 15.2. The first-order valence-corrected chi connectivity index (χ1v) is 20.3. The van der Waals surface area contributed by atoms with Crippen molar-refractivity contribution in [3.8, 4) is 67.3 Å². The van der Waals surface area contributed by atoms with E-state index in [-0.39, 0.29) is 0 Å². The van der Waals surface area contributed by atoms with Crippen molar-refractivity contribution in [2.24, 2.45) is 0 Å². The van der Waals surface area contributed by atoms with Gasteiger partial charge in [0.25, 0.3) is 0 Å². The van der Waals surface area contributed by atoms with Crippen LogP contribution in [0.1, 0.15) is 17.5 Å². The van der Waals surface area contributed by atoms with Gasteiger partial charge in [0.1, 0.15) is 0 Å². The smallest absolute Gasteiger partial charge is 0.160 e. The lowest BCUT2D eigenvalue weighted by Gasteiger charge is -2.18. The van der Waals surface area contributed by atoms with Gasteiger partial charge < -0.3 is 0 Å². The largest absolute Gasteiger partial charge is 0.228 e. The maximum absolute atomic E-state index is 5.34. The van der Waals surface area contributed by atoms with Crippen LogP contribution in [0.2, 0.25) is 0 Å². The topological polar surface area (TPSA) is 25.8 Å². The van der Waals surface area contributed by atoms with E-state index in [4.69, 9.17) is 9.97 Å². The van der Waals surface area contributed by atoms with Gasteiger partial charge in [-0.3, -0.25) is 0 Å². The highest BCUT2D eigenvalue weighted by atomic mass is 14.9. The Labute approximate surface area is 344 Å². The van der Waals surface area contributed by atoms with Gasteiger partial charge in [-0.05, 0) is 101 Å². The number of nitrogens with zero attached hydrogens (tertiary/aromatic N) is 2. The molecule has 0 aliphatic heterocycles. The number of hydrogen-bond donors (Lipinski definition) is 0. The Morgan fingerprint density at radius 1 is 0.322 bits per heavy atom. The van der Waals surface area contributed by atoms with Gasteiger partial charge in [0.05, 0.1) is 11.4 Å². The van der Waals surface area contributed by atoms with Crippen LogP contribution in [0.15, 0.2) is 206 Å². The summed E-state index contributed by atoms with van der Waals surface area (Å²) in [4.78, 5) is 10.6. The monoisotopic (exact) mass is 750 g/mol. The average Bonchev–Trinajstić information content (AvgIpc) is 3.57. The molecule has 1 aliphatic carbocycles. The number of rotatable bonds is 6. The van der Waals surface area contributed by atoms with Gasteiger partial charge in [-0.1, -0.05) is 200 Å². The van der Waals surface area contributed by atoms with Gasteiger partial charge in [-0.25, -0.2) is 9.97 Å². The lowest BCUT2D eigenvalue weighted by atomic mass is 9.85. The van der Waals surface area contributed by atoms with E-state index in [1.165, 1.54) is 71.4 Å². The highest BCUT2D eigenvalue weighted by Crippen LogP contribution is 2.44. The molecule has 0 amide bonds. The molecular weight excluding hydrogens is 713 g/mol. The van der Waals surface area contributed by atoms with E-state index in [0.29, 0.717) is 5.82 Å². The van der Waals surface area contributed by atoms with Gasteiger partial charge in [-0.2, -0.15) is 0 Å². The van der Waals surface area contributed by atoms with Crippen molar-refractivity contribution in [1.82, 2.24) is 9.97 Å². The van der Waals surface area contributed by atoms with E-state index in [9.17, 15) is 0 Å². The van der Waals surface area contributed by atoms with Crippen molar-refractivity contribution in [1.29, 1.82) is 0 Å². The first-order chi connectivity index (χ1) is 29.3. The molecule has 1 aliphatic rings. The minimum atomic E-state index is 0.704. The zero-order valence-corrected chi connectivity index (χ0v) is 32.4. The molecular formula is C57H38N2. The molecule has 0 atom stereocenters. The van der Waals surface area contributed by atoms with E-state index < -0.39 is 0 Å². The predicted octanol–water partition coefficient (Wildman–Crippen LogP) is 15.4. The van der Waals surface area contributed by atoms with Crippen LogP contribution in [0.4, 0.5) is 0 Å². The lowest BCUT2D eigenvalue weighted by molar-refractivity contribution is 1.18. The Bertz CT molecular complexity index is 3210. The molecule has 9 aromatic carbocycles. The molecule has 11 rings (SSSR count). The second-order valence-electron chi connectivity index (χ2n) is 15.2. The van der Waals surface area contributed by atoms with Gasteiger partial charge in [0.2, 0.25) is 0 Å². The average molecular weight is 751 g/mol. The van der Waals surface area contributed by atoms with E-state index in [1.54, 1.807) is 0 Å². The number of fused-ring (bicyclic) bond motifs is 4. The fraction of sp³-hybridized carbons (Fsp3) is 0.0175. The SMILES string of the molecule is C1=Cc2c(-c3ccccc3)ccc(-c3cc(-c4ccccc4)nc(-c4ccc5cc(-c6c7ccccc7c(-c7ccccc7)c7ccccc67)ccc5c4)n3)c2C=CC1. The highest BCUT2D eigenvalue weighted by Gasteiger charge is 2.19. The predicted molar refractivity (Wildman–Crippen MR) is 250 cm³/mol. The minimum absolute atomic E-state index is 0.704. The van der Waals surface area contributed by atoms with Crippen LogP contribution >= 0.6 is 0 Å². The van der Waals surface area contributed by atoms with Crippen LogP contribution in [-0.2, 0) is 0 Å². The maximum atomic E-state index is 5.34. The molecule has 0 bridgehead atoms. The molecule has 1 aromatic heterocycles. The second kappa shape index (κ2) is 14.7. The van der Waals surface area contributed by atoms with Crippen LogP contribution in [-0.4, -0.2) is 9.97 Å².